The molecule has 134 valence electrons. The van der Waals surface area contributed by atoms with E-state index in [9.17, 15) is 0 Å². The van der Waals surface area contributed by atoms with Crippen molar-refractivity contribution in [3.8, 4) is 17.1 Å². The van der Waals surface area contributed by atoms with E-state index in [0.29, 0.717) is 10.5 Å². The predicted molar refractivity (Wildman–Crippen MR) is 108 cm³/mol. The molecule has 0 radical (unpaired) electrons. The maximum absolute atomic E-state index is 5.41. The smallest absolute Gasteiger partial charge is 0.210 e. The van der Waals surface area contributed by atoms with Gasteiger partial charge < -0.3 is 9.72 Å². The van der Waals surface area contributed by atoms with E-state index in [1.54, 1.807) is 25.1 Å². The van der Waals surface area contributed by atoms with Crippen molar-refractivity contribution in [3.63, 3.8) is 0 Å². The molecule has 2 N–H and O–H groups in total. The van der Waals surface area contributed by atoms with E-state index in [4.69, 9.17) is 21.9 Å². The van der Waals surface area contributed by atoms with Crippen LogP contribution in [0.2, 0.25) is 0 Å². The summed E-state index contributed by atoms with van der Waals surface area (Å²) in [6, 6.07) is 11.8. The predicted octanol–water partition coefficient (Wildman–Crippen LogP) is 4.04. The minimum atomic E-state index is 0.611. The first-order valence-corrected chi connectivity index (χ1v) is 9.63. The van der Waals surface area contributed by atoms with Crippen LogP contribution in [0.5, 0.6) is 5.75 Å². The summed E-state index contributed by atoms with van der Waals surface area (Å²) in [5.74, 6) is 2.95. The van der Waals surface area contributed by atoms with Gasteiger partial charge in [-0.25, -0.2) is 9.66 Å². The van der Waals surface area contributed by atoms with Crippen LogP contribution < -0.4 is 10.2 Å². The molecule has 0 bridgehead atoms. The summed E-state index contributed by atoms with van der Waals surface area (Å²) in [4.78, 5) is 7.84. The lowest BCUT2D eigenvalue weighted by Gasteiger charge is -2.12. The molecule has 3 aromatic heterocycles. The Bertz CT molecular complexity index is 1230. The number of aromatic nitrogens is 5. The lowest BCUT2D eigenvalue weighted by molar-refractivity contribution is 0.415. The number of hydrogen-bond acceptors (Lipinski definition) is 7. The monoisotopic (exact) mass is 394 g/mol. The van der Waals surface area contributed by atoms with Gasteiger partial charge in [-0.2, -0.15) is 0 Å². The van der Waals surface area contributed by atoms with Crippen molar-refractivity contribution in [1.82, 2.24) is 24.8 Å². The maximum Gasteiger partial charge on any atom is 0.210 e. The van der Waals surface area contributed by atoms with E-state index in [0.717, 1.165) is 44.5 Å². The summed E-state index contributed by atoms with van der Waals surface area (Å²) in [5.41, 5.74) is 6.14. The van der Waals surface area contributed by atoms with Crippen LogP contribution in [-0.2, 0) is 5.75 Å². The van der Waals surface area contributed by atoms with Gasteiger partial charge in [0.2, 0.25) is 5.16 Å². The van der Waals surface area contributed by atoms with Crippen LogP contribution >= 0.6 is 24.0 Å². The Balaban J connectivity index is 1.65. The number of pyridine rings is 2. The Hall–Kier alpha value is -2.91. The van der Waals surface area contributed by atoms with E-state index < -0.39 is 0 Å². The average Bonchev–Trinajstić information content (AvgIpc) is 2.99. The Morgan fingerprint density at radius 1 is 1.22 bits per heavy atom. The first-order valence-electron chi connectivity index (χ1n) is 8.24. The summed E-state index contributed by atoms with van der Waals surface area (Å²) in [5, 5.41) is 10.5. The number of aromatic amines is 1. The Kier molecular flexibility index (Phi) is 3.83. The van der Waals surface area contributed by atoms with Crippen molar-refractivity contribution in [3.05, 3.63) is 52.8 Å². The number of nitrogens with one attached hydrogen (secondary N) is 2. The van der Waals surface area contributed by atoms with Gasteiger partial charge >= 0.3 is 0 Å². The van der Waals surface area contributed by atoms with Crippen molar-refractivity contribution in [2.75, 3.05) is 12.5 Å². The maximum atomic E-state index is 5.41. The summed E-state index contributed by atoms with van der Waals surface area (Å²) in [6.45, 7) is 0. The number of thioether (sulfide) groups is 1. The third kappa shape index (κ3) is 2.75. The topological polar surface area (TPSA) is 80.7 Å². The first-order chi connectivity index (χ1) is 13.2. The molecule has 0 unspecified atom stereocenters. The summed E-state index contributed by atoms with van der Waals surface area (Å²) < 4.78 is 7.77. The third-order valence-corrected chi connectivity index (χ3v) is 5.69. The zero-order valence-corrected chi connectivity index (χ0v) is 15.9. The van der Waals surface area contributed by atoms with Crippen LogP contribution in [0.25, 0.3) is 22.3 Å². The van der Waals surface area contributed by atoms with Crippen molar-refractivity contribution < 1.29 is 4.74 Å². The van der Waals surface area contributed by atoms with Gasteiger partial charge in [0.05, 0.1) is 18.2 Å². The van der Waals surface area contributed by atoms with Gasteiger partial charge in [0.1, 0.15) is 16.2 Å². The SMILES string of the molecule is COc1ccc2cc3c(nc2c1)Nn1c(nnc1-c1ccc[nH]c1=S)SC3. The second-order valence-electron chi connectivity index (χ2n) is 6.01. The molecule has 5 rings (SSSR count). The molecule has 0 fully saturated rings. The highest BCUT2D eigenvalue weighted by molar-refractivity contribution is 7.98. The molecule has 0 aliphatic carbocycles. The zero-order valence-electron chi connectivity index (χ0n) is 14.3. The van der Waals surface area contributed by atoms with E-state index in [-0.39, 0.29) is 0 Å². The summed E-state index contributed by atoms with van der Waals surface area (Å²) >= 11 is 7.01. The highest BCUT2D eigenvalue weighted by Crippen LogP contribution is 2.34. The number of H-pyrrole nitrogens is 1. The fourth-order valence-electron chi connectivity index (χ4n) is 3.01. The lowest BCUT2D eigenvalue weighted by atomic mass is 10.1. The van der Waals surface area contributed by atoms with Gasteiger partial charge in [-0.1, -0.05) is 24.0 Å². The number of fused-ring (bicyclic) bond motifs is 3. The minimum absolute atomic E-state index is 0.611. The average molecular weight is 394 g/mol. The zero-order chi connectivity index (χ0) is 18.4. The van der Waals surface area contributed by atoms with Crippen molar-refractivity contribution >= 4 is 40.7 Å². The van der Waals surface area contributed by atoms with E-state index >= 15 is 0 Å². The normalized spacial score (nSPS) is 12.8. The molecule has 1 aromatic carbocycles. The second kappa shape index (κ2) is 6.36. The molecular weight excluding hydrogens is 380 g/mol. The third-order valence-electron chi connectivity index (χ3n) is 4.37. The van der Waals surface area contributed by atoms with Crippen LogP contribution in [0.15, 0.2) is 47.8 Å². The van der Waals surface area contributed by atoms with E-state index in [1.165, 1.54) is 0 Å². The molecule has 0 spiro atoms. The molecule has 1 aliphatic rings. The number of nitrogens with zero attached hydrogens (tertiary/aromatic N) is 4. The highest BCUT2D eigenvalue weighted by atomic mass is 32.2. The van der Waals surface area contributed by atoms with Gasteiger partial charge in [-0.05, 0) is 30.3 Å². The second-order valence-corrected chi connectivity index (χ2v) is 7.36. The van der Waals surface area contributed by atoms with Crippen LogP contribution in [0.1, 0.15) is 5.56 Å². The van der Waals surface area contributed by atoms with Crippen molar-refractivity contribution in [1.29, 1.82) is 0 Å². The van der Waals surface area contributed by atoms with Gasteiger partial charge in [0.25, 0.3) is 0 Å². The first kappa shape index (κ1) is 16.3. The van der Waals surface area contributed by atoms with E-state index in [1.807, 2.05) is 35.0 Å². The van der Waals surface area contributed by atoms with Crippen molar-refractivity contribution in [2.45, 2.75) is 10.9 Å². The molecule has 1 aliphatic heterocycles. The Morgan fingerprint density at radius 2 is 2.15 bits per heavy atom. The standard InChI is InChI=1S/C18H14N6OS2/c1-25-12-5-4-10-7-11-9-27-18-22-21-16(13-3-2-6-19-17(13)26)24(18)23-15(11)20-14(10)8-12/h2-8H,9H2,1H3,(H,19,26)(H,20,23). The minimum Gasteiger partial charge on any atom is -0.497 e. The number of benzene rings is 1. The number of anilines is 1. The number of ether oxygens (including phenoxy) is 1. The van der Waals surface area contributed by atoms with Gasteiger partial charge in [-0.3, -0.25) is 5.43 Å². The summed E-state index contributed by atoms with van der Waals surface area (Å²) in [7, 11) is 1.65. The molecule has 4 aromatic rings. The van der Waals surface area contributed by atoms with E-state index in [2.05, 4.69) is 26.7 Å². The number of hydrogen-bond donors (Lipinski definition) is 2. The highest BCUT2D eigenvalue weighted by Gasteiger charge is 2.21. The molecule has 0 atom stereocenters. The number of rotatable bonds is 2. The van der Waals surface area contributed by atoms with Crippen LogP contribution in [-0.4, -0.2) is 32.0 Å². The largest absolute Gasteiger partial charge is 0.497 e. The van der Waals surface area contributed by atoms with Crippen molar-refractivity contribution in [2.24, 2.45) is 0 Å². The van der Waals surface area contributed by atoms with Gasteiger partial charge in [-0.15, -0.1) is 10.2 Å². The van der Waals surface area contributed by atoms with Gasteiger partial charge in [0, 0.05) is 29.0 Å². The van der Waals surface area contributed by atoms with Crippen LogP contribution in [0, 0.1) is 4.64 Å². The fraction of sp³-hybridized carbons (Fsp3) is 0.111. The quantitative estimate of drug-likeness (QED) is 0.497. The molecular formula is C18H14N6OS2. The molecule has 0 saturated carbocycles. The molecule has 7 nitrogen and oxygen atoms in total. The van der Waals surface area contributed by atoms with Crippen LogP contribution in [0.3, 0.4) is 0 Å². The number of methoxy groups -OCH3 is 1. The van der Waals surface area contributed by atoms with Gasteiger partial charge in [0.15, 0.2) is 5.82 Å². The molecule has 27 heavy (non-hydrogen) atoms. The Morgan fingerprint density at radius 3 is 3.00 bits per heavy atom. The Labute approximate surface area is 163 Å². The molecule has 0 amide bonds. The summed E-state index contributed by atoms with van der Waals surface area (Å²) in [6.07, 6.45) is 1.80. The lowest BCUT2D eigenvalue weighted by Crippen LogP contribution is -2.13. The fourth-order valence-corrected chi connectivity index (χ4v) is 4.10. The molecule has 9 heteroatoms. The van der Waals surface area contributed by atoms with Crippen LogP contribution in [0.4, 0.5) is 5.82 Å². The molecule has 0 saturated heterocycles. The molecule has 4 heterocycles.